The summed E-state index contributed by atoms with van der Waals surface area (Å²) < 4.78 is 26.4. The first-order chi connectivity index (χ1) is 11.0. The molecule has 0 atom stereocenters. The predicted molar refractivity (Wildman–Crippen MR) is 83.3 cm³/mol. The zero-order chi connectivity index (χ0) is 16.4. The van der Waals surface area contributed by atoms with E-state index in [9.17, 15) is 18.5 Å². The van der Waals surface area contributed by atoms with Crippen LogP contribution >= 0.6 is 0 Å². The van der Waals surface area contributed by atoms with Crippen LogP contribution in [0.4, 0.5) is 5.69 Å². The Hall–Kier alpha value is -3.00. The molecule has 1 aromatic heterocycles. The van der Waals surface area contributed by atoms with Crippen molar-refractivity contribution in [3.63, 3.8) is 0 Å². The number of rotatable bonds is 4. The highest BCUT2D eigenvalue weighted by molar-refractivity contribution is 7.90. The minimum Gasteiger partial charge on any atom is -0.258 e. The van der Waals surface area contributed by atoms with E-state index in [1.54, 1.807) is 24.3 Å². The van der Waals surface area contributed by atoms with Crippen molar-refractivity contribution in [1.82, 2.24) is 8.96 Å². The standard InChI is InChI=1S/C15H11N3O4S/c19-18(20)14-9-5-4-8-13(14)15-16-10-11-17(15)23(21,22)12-6-2-1-3-7-12/h1-11H. The molecule has 0 saturated carbocycles. The van der Waals surface area contributed by atoms with Crippen LogP contribution in [0.1, 0.15) is 0 Å². The zero-order valence-corrected chi connectivity index (χ0v) is 12.6. The largest absolute Gasteiger partial charge is 0.280 e. The van der Waals surface area contributed by atoms with Gasteiger partial charge in [-0.25, -0.2) is 17.4 Å². The maximum absolute atomic E-state index is 12.7. The third kappa shape index (κ3) is 2.59. The molecule has 0 saturated heterocycles. The summed E-state index contributed by atoms with van der Waals surface area (Å²) in [4.78, 5) is 14.7. The maximum Gasteiger partial charge on any atom is 0.280 e. The average molecular weight is 329 g/mol. The van der Waals surface area contributed by atoms with E-state index < -0.39 is 14.9 Å². The number of hydrogen-bond acceptors (Lipinski definition) is 5. The lowest BCUT2D eigenvalue weighted by Crippen LogP contribution is -2.13. The van der Waals surface area contributed by atoms with Crippen molar-refractivity contribution in [3.05, 3.63) is 77.1 Å². The summed E-state index contributed by atoms with van der Waals surface area (Å²) in [6, 6.07) is 13.7. The minimum absolute atomic E-state index is 0.00107. The molecule has 0 aliphatic heterocycles. The van der Waals surface area contributed by atoms with Crippen molar-refractivity contribution in [3.8, 4) is 11.4 Å². The summed E-state index contributed by atoms with van der Waals surface area (Å²) in [6.07, 6.45) is 2.57. The smallest absolute Gasteiger partial charge is 0.258 e. The summed E-state index contributed by atoms with van der Waals surface area (Å²) in [7, 11) is -3.89. The first kappa shape index (κ1) is 14.9. The second-order valence-electron chi connectivity index (χ2n) is 4.64. The second kappa shape index (κ2) is 5.65. The summed E-state index contributed by atoms with van der Waals surface area (Å²) in [6.45, 7) is 0. The highest BCUT2D eigenvalue weighted by Gasteiger charge is 2.25. The Bertz CT molecular complexity index is 965. The fourth-order valence-corrected chi connectivity index (χ4v) is 3.52. The fraction of sp³-hybridized carbons (Fsp3) is 0. The normalized spacial score (nSPS) is 11.3. The summed E-state index contributed by atoms with van der Waals surface area (Å²) in [5.41, 5.74) is -0.0646. The van der Waals surface area contributed by atoms with Crippen LogP contribution in [0, 0.1) is 10.1 Å². The van der Waals surface area contributed by atoms with E-state index in [1.165, 1.54) is 42.7 Å². The third-order valence-corrected chi connectivity index (χ3v) is 4.93. The molecule has 0 unspecified atom stereocenters. The number of benzene rings is 2. The molecule has 0 aliphatic rings. The Kier molecular flexibility index (Phi) is 3.67. The SMILES string of the molecule is O=[N+]([O-])c1ccccc1-c1nccn1S(=O)(=O)c1ccccc1. The van der Waals surface area contributed by atoms with Gasteiger partial charge in [0.15, 0.2) is 5.82 Å². The molecule has 0 amide bonds. The molecule has 23 heavy (non-hydrogen) atoms. The molecular weight excluding hydrogens is 318 g/mol. The van der Waals surface area contributed by atoms with Gasteiger partial charge in [-0.05, 0) is 18.2 Å². The lowest BCUT2D eigenvalue weighted by molar-refractivity contribution is -0.384. The van der Waals surface area contributed by atoms with E-state index in [-0.39, 0.29) is 22.0 Å². The summed E-state index contributed by atoms with van der Waals surface area (Å²) in [5.74, 6) is 0.00107. The molecule has 3 aromatic rings. The molecule has 0 bridgehead atoms. The predicted octanol–water partition coefficient (Wildman–Crippen LogP) is 2.70. The first-order valence-corrected chi connectivity index (χ1v) is 8.03. The number of imidazole rings is 1. The van der Waals surface area contributed by atoms with Gasteiger partial charge in [0.25, 0.3) is 15.7 Å². The minimum atomic E-state index is -3.89. The number of nitro groups is 1. The Balaban J connectivity index is 2.21. The van der Waals surface area contributed by atoms with Crippen LogP contribution in [-0.4, -0.2) is 22.3 Å². The first-order valence-electron chi connectivity index (χ1n) is 6.59. The van der Waals surface area contributed by atoms with E-state index in [4.69, 9.17) is 0 Å². The van der Waals surface area contributed by atoms with Gasteiger partial charge in [0.1, 0.15) is 0 Å². The quantitative estimate of drug-likeness (QED) is 0.542. The zero-order valence-electron chi connectivity index (χ0n) is 11.7. The highest BCUT2D eigenvalue weighted by atomic mass is 32.2. The third-order valence-electron chi connectivity index (χ3n) is 3.25. The van der Waals surface area contributed by atoms with E-state index in [1.807, 2.05) is 0 Å². The number of para-hydroxylation sites is 1. The molecule has 0 spiro atoms. The summed E-state index contributed by atoms with van der Waals surface area (Å²) in [5, 5.41) is 11.2. The van der Waals surface area contributed by atoms with E-state index in [0.29, 0.717) is 0 Å². The number of hydrogen-bond donors (Lipinski definition) is 0. The Morgan fingerprint density at radius 3 is 2.35 bits per heavy atom. The van der Waals surface area contributed by atoms with Crippen LogP contribution in [0.5, 0.6) is 0 Å². The van der Waals surface area contributed by atoms with Crippen LogP contribution in [0.2, 0.25) is 0 Å². The molecular formula is C15H11N3O4S. The molecule has 0 aliphatic carbocycles. The average Bonchev–Trinajstić information content (AvgIpc) is 3.06. The van der Waals surface area contributed by atoms with Crippen LogP contribution in [0.15, 0.2) is 71.9 Å². The van der Waals surface area contributed by atoms with Crippen LogP contribution in [0.3, 0.4) is 0 Å². The molecule has 3 rings (SSSR count). The van der Waals surface area contributed by atoms with Crippen molar-refractivity contribution < 1.29 is 13.3 Å². The molecule has 1 heterocycles. The van der Waals surface area contributed by atoms with Gasteiger partial charge < -0.3 is 0 Å². The van der Waals surface area contributed by atoms with Gasteiger partial charge >= 0.3 is 0 Å². The van der Waals surface area contributed by atoms with Gasteiger partial charge in [-0.3, -0.25) is 10.1 Å². The molecule has 8 heteroatoms. The van der Waals surface area contributed by atoms with Gasteiger partial charge in [-0.1, -0.05) is 30.3 Å². The van der Waals surface area contributed by atoms with E-state index in [0.717, 1.165) is 3.97 Å². The van der Waals surface area contributed by atoms with Crippen molar-refractivity contribution in [1.29, 1.82) is 0 Å². The van der Waals surface area contributed by atoms with Crippen LogP contribution in [0.25, 0.3) is 11.4 Å². The topological polar surface area (TPSA) is 95.1 Å². The Labute approximate surface area is 132 Å². The van der Waals surface area contributed by atoms with Gasteiger partial charge in [-0.2, -0.15) is 0 Å². The van der Waals surface area contributed by atoms with Crippen molar-refractivity contribution in [2.24, 2.45) is 0 Å². The van der Waals surface area contributed by atoms with E-state index >= 15 is 0 Å². The number of nitrogens with zero attached hydrogens (tertiary/aromatic N) is 3. The van der Waals surface area contributed by atoms with Crippen LogP contribution in [-0.2, 0) is 10.0 Å². The van der Waals surface area contributed by atoms with Gasteiger partial charge in [-0.15, -0.1) is 0 Å². The molecule has 0 fully saturated rings. The highest BCUT2D eigenvalue weighted by Crippen LogP contribution is 2.30. The molecule has 116 valence electrons. The molecule has 7 nitrogen and oxygen atoms in total. The van der Waals surface area contributed by atoms with Gasteiger partial charge in [0.05, 0.1) is 15.4 Å². The Morgan fingerprint density at radius 1 is 1.00 bits per heavy atom. The van der Waals surface area contributed by atoms with E-state index in [2.05, 4.69) is 4.98 Å². The second-order valence-corrected chi connectivity index (χ2v) is 6.45. The maximum atomic E-state index is 12.7. The molecule has 0 radical (unpaired) electrons. The number of aromatic nitrogens is 2. The van der Waals surface area contributed by atoms with Crippen molar-refractivity contribution in [2.45, 2.75) is 4.90 Å². The Morgan fingerprint density at radius 2 is 1.65 bits per heavy atom. The lowest BCUT2D eigenvalue weighted by Gasteiger charge is -2.09. The van der Waals surface area contributed by atoms with Crippen molar-refractivity contribution >= 4 is 15.7 Å². The molecule has 0 N–H and O–H groups in total. The van der Waals surface area contributed by atoms with Crippen LogP contribution < -0.4 is 0 Å². The monoisotopic (exact) mass is 329 g/mol. The van der Waals surface area contributed by atoms with Crippen molar-refractivity contribution in [2.75, 3.05) is 0 Å². The fourth-order valence-electron chi connectivity index (χ4n) is 2.20. The van der Waals surface area contributed by atoms with Gasteiger partial charge in [0.2, 0.25) is 0 Å². The van der Waals surface area contributed by atoms with Gasteiger partial charge in [0, 0.05) is 18.5 Å². The number of nitro benzene ring substituents is 1. The lowest BCUT2D eigenvalue weighted by atomic mass is 10.2. The molecule has 2 aromatic carbocycles. The summed E-state index contributed by atoms with van der Waals surface area (Å²) >= 11 is 0.